The number of halogens is 1. The van der Waals surface area contributed by atoms with Crippen LogP contribution in [-0.2, 0) is 21.4 Å². The van der Waals surface area contributed by atoms with Gasteiger partial charge in [0.05, 0.1) is 0 Å². The van der Waals surface area contributed by atoms with Crippen molar-refractivity contribution < 1.29 is 19.4 Å². The molecule has 7 heteroatoms. The van der Waals surface area contributed by atoms with E-state index in [0.29, 0.717) is 10.9 Å². The molecule has 1 rings (SSSR count). The molecule has 20 heavy (non-hydrogen) atoms. The van der Waals surface area contributed by atoms with Crippen LogP contribution in [0.15, 0.2) is 17.1 Å². The van der Waals surface area contributed by atoms with E-state index in [-0.39, 0.29) is 12.1 Å². The standard InChI is InChI=1S/C13H16BrNO5/c1-13(2,3)20-10(16)7-15-6-8(5-14)4-9(11(15)17)12(18)19/h4,6H,5,7H2,1-3H3,(H,18,19). The smallest absolute Gasteiger partial charge is 0.341 e. The summed E-state index contributed by atoms with van der Waals surface area (Å²) in [5.41, 5.74) is -1.17. The minimum Gasteiger partial charge on any atom is -0.477 e. The first-order chi connectivity index (χ1) is 9.14. The number of alkyl halides is 1. The van der Waals surface area contributed by atoms with Gasteiger partial charge in [-0.15, -0.1) is 0 Å². The van der Waals surface area contributed by atoms with E-state index in [1.54, 1.807) is 20.8 Å². The fourth-order valence-corrected chi connectivity index (χ4v) is 1.86. The van der Waals surface area contributed by atoms with Crippen LogP contribution in [0.2, 0.25) is 0 Å². The highest BCUT2D eigenvalue weighted by molar-refractivity contribution is 9.08. The van der Waals surface area contributed by atoms with Crippen molar-refractivity contribution in [1.29, 1.82) is 0 Å². The van der Waals surface area contributed by atoms with Gasteiger partial charge in [0.15, 0.2) is 0 Å². The Labute approximate surface area is 124 Å². The molecule has 0 aliphatic carbocycles. The monoisotopic (exact) mass is 345 g/mol. The molecule has 1 N–H and O–H groups in total. The van der Waals surface area contributed by atoms with Gasteiger partial charge in [0.2, 0.25) is 0 Å². The number of hydrogen-bond donors (Lipinski definition) is 1. The van der Waals surface area contributed by atoms with Gasteiger partial charge in [-0.1, -0.05) is 15.9 Å². The molecule has 0 aliphatic rings. The van der Waals surface area contributed by atoms with Crippen LogP contribution in [0.25, 0.3) is 0 Å². The van der Waals surface area contributed by atoms with Gasteiger partial charge >= 0.3 is 11.9 Å². The van der Waals surface area contributed by atoms with Gasteiger partial charge in [-0.2, -0.15) is 0 Å². The van der Waals surface area contributed by atoms with Gasteiger partial charge in [0, 0.05) is 11.5 Å². The van der Waals surface area contributed by atoms with E-state index in [1.165, 1.54) is 12.3 Å². The van der Waals surface area contributed by atoms with Crippen molar-refractivity contribution in [1.82, 2.24) is 4.57 Å². The number of rotatable bonds is 4. The maximum Gasteiger partial charge on any atom is 0.341 e. The summed E-state index contributed by atoms with van der Waals surface area (Å²) in [6.07, 6.45) is 1.44. The number of carboxylic acids is 1. The van der Waals surface area contributed by atoms with Crippen molar-refractivity contribution in [2.45, 2.75) is 38.2 Å². The molecular formula is C13H16BrNO5. The lowest BCUT2D eigenvalue weighted by Crippen LogP contribution is -2.32. The van der Waals surface area contributed by atoms with E-state index in [2.05, 4.69) is 15.9 Å². The van der Waals surface area contributed by atoms with E-state index in [1.807, 2.05) is 0 Å². The lowest BCUT2D eigenvalue weighted by Gasteiger charge is -2.20. The highest BCUT2D eigenvalue weighted by Gasteiger charge is 2.19. The van der Waals surface area contributed by atoms with Crippen LogP contribution in [-0.4, -0.2) is 27.2 Å². The zero-order chi connectivity index (χ0) is 15.5. The zero-order valence-corrected chi connectivity index (χ0v) is 13.1. The molecule has 0 bridgehead atoms. The van der Waals surface area contributed by atoms with Crippen LogP contribution >= 0.6 is 15.9 Å². The van der Waals surface area contributed by atoms with Crippen LogP contribution in [0.3, 0.4) is 0 Å². The molecule has 0 radical (unpaired) electrons. The minimum atomic E-state index is -1.32. The van der Waals surface area contributed by atoms with E-state index in [4.69, 9.17) is 9.84 Å². The molecule has 0 amide bonds. The quantitative estimate of drug-likeness (QED) is 0.664. The average Bonchev–Trinajstić information content (AvgIpc) is 2.28. The van der Waals surface area contributed by atoms with Gasteiger partial charge in [-0.25, -0.2) is 4.79 Å². The highest BCUT2D eigenvalue weighted by Crippen LogP contribution is 2.09. The number of hydrogen-bond acceptors (Lipinski definition) is 4. The maximum absolute atomic E-state index is 11.9. The lowest BCUT2D eigenvalue weighted by atomic mass is 10.2. The second-order valence-electron chi connectivity index (χ2n) is 5.22. The van der Waals surface area contributed by atoms with Crippen molar-refractivity contribution in [3.63, 3.8) is 0 Å². The molecule has 1 aromatic rings. The number of nitrogens with zero attached hydrogens (tertiary/aromatic N) is 1. The molecule has 0 saturated heterocycles. The van der Waals surface area contributed by atoms with E-state index < -0.39 is 23.1 Å². The summed E-state index contributed by atoms with van der Waals surface area (Å²) in [6, 6.07) is 1.28. The fraction of sp³-hybridized carbons (Fsp3) is 0.462. The lowest BCUT2D eigenvalue weighted by molar-refractivity contribution is -0.155. The van der Waals surface area contributed by atoms with Gasteiger partial charge in [0.25, 0.3) is 5.56 Å². The minimum absolute atomic E-state index is 0.322. The summed E-state index contributed by atoms with van der Waals surface area (Å²) < 4.78 is 6.16. The predicted octanol–water partition coefficient (Wildman–Crippen LogP) is 1.78. The SMILES string of the molecule is CC(C)(C)OC(=O)Cn1cc(CBr)cc(C(=O)O)c1=O. The molecule has 0 fully saturated rings. The van der Waals surface area contributed by atoms with E-state index in [9.17, 15) is 14.4 Å². The third-order valence-corrected chi connectivity index (χ3v) is 2.89. The van der Waals surface area contributed by atoms with Crippen molar-refractivity contribution in [3.8, 4) is 0 Å². The largest absolute Gasteiger partial charge is 0.477 e. The summed E-state index contributed by atoms with van der Waals surface area (Å²) in [5, 5.41) is 9.36. The predicted molar refractivity (Wildman–Crippen MR) is 76.1 cm³/mol. The first kappa shape index (κ1) is 16.4. The van der Waals surface area contributed by atoms with Crippen molar-refractivity contribution in [2.75, 3.05) is 0 Å². The Morgan fingerprint density at radius 2 is 2.00 bits per heavy atom. The third-order valence-electron chi connectivity index (χ3n) is 2.25. The number of esters is 1. The molecule has 6 nitrogen and oxygen atoms in total. The molecule has 110 valence electrons. The molecule has 1 heterocycles. The summed E-state index contributed by atoms with van der Waals surface area (Å²) in [4.78, 5) is 34.7. The van der Waals surface area contributed by atoms with Crippen LogP contribution in [0.1, 0.15) is 36.7 Å². The number of aromatic carboxylic acids is 1. The van der Waals surface area contributed by atoms with Crippen LogP contribution in [0.4, 0.5) is 0 Å². The second-order valence-corrected chi connectivity index (χ2v) is 5.78. The zero-order valence-electron chi connectivity index (χ0n) is 11.5. The first-order valence-electron chi connectivity index (χ1n) is 5.88. The summed E-state index contributed by atoms with van der Waals surface area (Å²) in [5.74, 6) is -1.92. The summed E-state index contributed by atoms with van der Waals surface area (Å²) in [6.45, 7) is 4.82. The van der Waals surface area contributed by atoms with Gasteiger partial charge in [-0.3, -0.25) is 9.59 Å². The number of aromatic nitrogens is 1. The molecule has 0 spiro atoms. The Balaban J connectivity index is 3.12. The number of carboxylic acid groups (broad SMARTS) is 1. The molecule has 0 atom stereocenters. The molecule has 0 aliphatic heterocycles. The van der Waals surface area contributed by atoms with E-state index >= 15 is 0 Å². The Kier molecular flexibility index (Phi) is 5.10. The molecule has 1 aromatic heterocycles. The van der Waals surface area contributed by atoms with Gasteiger partial charge < -0.3 is 14.4 Å². The first-order valence-corrected chi connectivity index (χ1v) is 7.00. The normalized spacial score (nSPS) is 11.2. The number of ether oxygens (including phenoxy) is 1. The van der Waals surface area contributed by atoms with Crippen molar-refractivity contribution >= 4 is 27.9 Å². The fourth-order valence-electron chi connectivity index (χ4n) is 1.55. The van der Waals surface area contributed by atoms with Crippen LogP contribution < -0.4 is 5.56 Å². The Morgan fingerprint density at radius 3 is 2.45 bits per heavy atom. The molecule has 0 saturated carbocycles. The van der Waals surface area contributed by atoms with E-state index in [0.717, 1.165) is 4.57 Å². The van der Waals surface area contributed by atoms with Crippen LogP contribution in [0, 0.1) is 0 Å². The van der Waals surface area contributed by atoms with Crippen molar-refractivity contribution in [2.24, 2.45) is 0 Å². The number of pyridine rings is 1. The average molecular weight is 346 g/mol. The summed E-state index contributed by atoms with van der Waals surface area (Å²) >= 11 is 3.19. The molecule has 0 aromatic carbocycles. The molecule has 0 unspecified atom stereocenters. The highest BCUT2D eigenvalue weighted by atomic mass is 79.9. The Hall–Kier alpha value is -1.63. The van der Waals surface area contributed by atoms with Crippen LogP contribution in [0.5, 0.6) is 0 Å². The summed E-state index contributed by atoms with van der Waals surface area (Å²) in [7, 11) is 0. The number of carbonyl (C=O) groups excluding carboxylic acids is 1. The maximum atomic E-state index is 11.9. The Bertz CT molecular complexity index is 585. The third kappa shape index (κ3) is 4.48. The molecular weight excluding hydrogens is 330 g/mol. The van der Waals surface area contributed by atoms with Gasteiger partial charge in [-0.05, 0) is 32.4 Å². The van der Waals surface area contributed by atoms with Gasteiger partial charge in [0.1, 0.15) is 17.7 Å². The van der Waals surface area contributed by atoms with Crippen molar-refractivity contribution in [3.05, 3.63) is 33.7 Å². The second kappa shape index (κ2) is 6.21. The number of carbonyl (C=O) groups is 2. The Morgan fingerprint density at radius 1 is 1.40 bits per heavy atom. The topological polar surface area (TPSA) is 85.6 Å².